The summed E-state index contributed by atoms with van der Waals surface area (Å²) in [5.74, 6) is 1.12. The Morgan fingerprint density at radius 3 is 2.33 bits per heavy atom. The average molecular weight is 481 g/mol. The summed E-state index contributed by atoms with van der Waals surface area (Å²) in [4.78, 5) is -0.291. The van der Waals surface area contributed by atoms with E-state index < -0.39 is 0 Å². The van der Waals surface area contributed by atoms with E-state index in [0.29, 0.717) is 30.3 Å². The molecule has 0 fully saturated rings. The largest absolute Gasteiger partial charge is 0.486 e. The highest BCUT2D eigenvalue weighted by molar-refractivity contribution is 9.11. The third kappa shape index (κ3) is 3.12. The first kappa shape index (κ1) is 15.3. The molecule has 1 heterocycles. The minimum Gasteiger partial charge on any atom is -0.486 e. The van der Waals surface area contributed by atoms with Crippen LogP contribution in [-0.2, 0) is 0 Å². The molecule has 0 radical (unpaired) electrons. The number of ether oxygens (including phenoxy) is 2. The zero-order chi connectivity index (χ0) is 15.0. The van der Waals surface area contributed by atoms with E-state index in [2.05, 4.69) is 47.8 Å². The summed E-state index contributed by atoms with van der Waals surface area (Å²) in [6, 6.07) is 8.61. The fraction of sp³-hybridized carbons (Fsp3) is 0.200. The minimum atomic E-state index is -0.291. The van der Waals surface area contributed by atoms with Gasteiger partial charge in [0.2, 0.25) is 0 Å². The number of hydrogen-bond acceptors (Lipinski definition) is 2. The molecule has 1 atom stereocenters. The molecule has 1 unspecified atom stereocenters. The molecule has 0 aromatic heterocycles. The van der Waals surface area contributed by atoms with Crippen LogP contribution in [0.5, 0.6) is 11.5 Å². The number of halogens is 4. The molecule has 2 aromatic carbocycles. The van der Waals surface area contributed by atoms with E-state index in [-0.39, 0.29) is 10.6 Å². The first-order valence-corrected chi connectivity index (χ1v) is 8.74. The van der Waals surface area contributed by atoms with Gasteiger partial charge in [-0.2, -0.15) is 0 Å². The van der Waals surface area contributed by atoms with E-state index in [1.807, 2.05) is 12.1 Å². The second kappa shape index (κ2) is 6.26. The van der Waals surface area contributed by atoms with Crippen molar-refractivity contribution < 1.29 is 13.9 Å². The Bertz CT molecular complexity index is 691. The van der Waals surface area contributed by atoms with Crippen molar-refractivity contribution in [2.75, 3.05) is 13.2 Å². The smallest absolute Gasteiger partial charge is 0.162 e. The highest BCUT2D eigenvalue weighted by Crippen LogP contribution is 2.43. The standard InChI is InChI=1S/C15H10Br3FO2/c16-8-1-2-12(19)10(5-8)15(18)9-6-13-14(7-11(9)17)21-4-3-20-13/h1-2,5-7,15H,3-4H2. The highest BCUT2D eigenvalue weighted by atomic mass is 79.9. The maximum Gasteiger partial charge on any atom is 0.162 e. The van der Waals surface area contributed by atoms with Crippen LogP contribution in [0.2, 0.25) is 0 Å². The number of hydrogen-bond donors (Lipinski definition) is 0. The maximum absolute atomic E-state index is 14.1. The fourth-order valence-electron chi connectivity index (χ4n) is 2.15. The van der Waals surface area contributed by atoms with E-state index >= 15 is 0 Å². The number of fused-ring (bicyclic) bond motifs is 1. The molecule has 0 bridgehead atoms. The van der Waals surface area contributed by atoms with Crippen molar-refractivity contribution >= 4 is 47.8 Å². The molecule has 3 rings (SSSR count). The van der Waals surface area contributed by atoms with Crippen LogP contribution in [0.15, 0.2) is 39.3 Å². The van der Waals surface area contributed by atoms with E-state index in [1.54, 1.807) is 12.1 Å². The summed E-state index contributed by atoms with van der Waals surface area (Å²) >= 11 is 10.5. The molecular weight excluding hydrogens is 471 g/mol. The van der Waals surface area contributed by atoms with Gasteiger partial charge in [-0.25, -0.2) is 4.39 Å². The summed E-state index contributed by atoms with van der Waals surface area (Å²) < 4.78 is 26.9. The van der Waals surface area contributed by atoms with Gasteiger partial charge in [0, 0.05) is 14.5 Å². The van der Waals surface area contributed by atoms with Crippen molar-refractivity contribution in [1.29, 1.82) is 0 Å². The van der Waals surface area contributed by atoms with E-state index in [0.717, 1.165) is 14.5 Å². The van der Waals surface area contributed by atoms with Crippen molar-refractivity contribution in [3.8, 4) is 11.5 Å². The molecule has 0 saturated carbocycles. The second-order valence-corrected chi connectivity index (χ2v) is 7.23. The van der Waals surface area contributed by atoms with E-state index in [1.165, 1.54) is 6.07 Å². The van der Waals surface area contributed by atoms with Crippen molar-refractivity contribution in [2.45, 2.75) is 4.83 Å². The first-order chi connectivity index (χ1) is 10.1. The Hall–Kier alpha value is -0.590. The monoisotopic (exact) mass is 478 g/mol. The number of benzene rings is 2. The van der Waals surface area contributed by atoms with Gasteiger partial charge in [-0.15, -0.1) is 0 Å². The quantitative estimate of drug-likeness (QED) is 0.520. The topological polar surface area (TPSA) is 18.5 Å². The number of rotatable bonds is 2. The van der Waals surface area contributed by atoms with Crippen LogP contribution < -0.4 is 9.47 Å². The Balaban J connectivity index is 2.05. The zero-order valence-electron chi connectivity index (χ0n) is 10.7. The van der Waals surface area contributed by atoms with Crippen LogP contribution in [0, 0.1) is 5.82 Å². The van der Waals surface area contributed by atoms with Crippen LogP contribution in [0.3, 0.4) is 0 Å². The molecule has 21 heavy (non-hydrogen) atoms. The molecule has 1 aliphatic rings. The van der Waals surface area contributed by atoms with Crippen molar-refractivity contribution in [1.82, 2.24) is 0 Å². The summed E-state index contributed by atoms with van der Waals surface area (Å²) in [7, 11) is 0. The third-order valence-corrected chi connectivity index (χ3v) is 5.33. The van der Waals surface area contributed by atoms with Gasteiger partial charge >= 0.3 is 0 Å². The van der Waals surface area contributed by atoms with Crippen LogP contribution >= 0.6 is 47.8 Å². The van der Waals surface area contributed by atoms with Crippen molar-refractivity contribution in [3.63, 3.8) is 0 Å². The van der Waals surface area contributed by atoms with Gasteiger partial charge in [-0.1, -0.05) is 47.8 Å². The Morgan fingerprint density at radius 2 is 1.62 bits per heavy atom. The molecule has 110 valence electrons. The lowest BCUT2D eigenvalue weighted by atomic mass is 10.0. The summed E-state index contributed by atoms with van der Waals surface area (Å²) in [6.45, 7) is 1.06. The van der Waals surface area contributed by atoms with E-state index in [4.69, 9.17) is 9.47 Å². The summed E-state index contributed by atoms with van der Waals surface area (Å²) in [6.07, 6.45) is 0. The van der Waals surface area contributed by atoms with Gasteiger partial charge in [0.05, 0.1) is 4.83 Å². The molecule has 0 saturated heterocycles. The van der Waals surface area contributed by atoms with Gasteiger partial charge in [-0.05, 0) is 35.9 Å². The number of alkyl halides is 1. The van der Waals surface area contributed by atoms with Crippen LogP contribution in [0.1, 0.15) is 16.0 Å². The SMILES string of the molecule is Fc1ccc(Br)cc1C(Br)c1cc2c(cc1Br)OCCO2. The lowest BCUT2D eigenvalue weighted by Crippen LogP contribution is -2.15. The molecule has 2 aromatic rings. The van der Waals surface area contributed by atoms with Gasteiger partial charge in [0.25, 0.3) is 0 Å². The summed E-state index contributed by atoms with van der Waals surface area (Å²) in [5, 5.41) is 0. The predicted octanol–water partition coefficient (Wildman–Crippen LogP) is 5.61. The molecule has 0 spiro atoms. The van der Waals surface area contributed by atoms with E-state index in [9.17, 15) is 4.39 Å². The molecule has 6 heteroatoms. The minimum absolute atomic E-state index is 0.262. The second-order valence-electron chi connectivity index (χ2n) is 4.55. The normalized spacial score (nSPS) is 14.9. The molecule has 0 N–H and O–H groups in total. The van der Waals surface area contributed by atoms with Gasteiger partial charge < -0.3 is 9.47 Å². The van der Waals surface area contributed by atoms with Crippen LogP contribution in [-0.4, -0.2) is 13.2 Å². The summed E-state index contributed by atoms with van der Waals surface area (Å²) in [5.41, 5.74) is 1.44. The van der Waals surface area contributed by atoms with Crippen molar-refractivity contribution in [3.05, 3.63) is 56.2 Å². The molecule has 2 nitrogen and oxygen atoms in total. The Labute approximate surface area is 147 Å². The molecular formula is C15H10Br3FO2. The van der Waals surface area contributed by atoms with Crippen LogP contribution in [0.25, 0.3) is 0 Å². The molecule has 0 amide bonds. The van der Waals surface area contributed by atoms with Gasteiger partial charge in [0.1, 0.15) is 19.0 Å². The maximum atomic E-state index is 14.1. The predicted molar refractivity (Wildman–Crippen MR) is 90.0 cm³/mol. The lowest BCUT2D eigenvalue weighted by molar-refractivity contribution is 0.171. The molecule has 1 aliphatic heterocycles. The zero-order valence-corrected chi connectivity index (χ0v) is 15.5. The van der Waals surface area contributed by atoms with Gasteiger partial charge in [-0.3, -0.25) is 0 Å². The Kier molecular flexibility index (Phi) is 4.57. The third-order valence-electron chi connectivity index (χ3n) is 3.17. The first-order valence-electron chi connectivity index (χ1n) is 6.24. The van der Waals surface area contributed by atoms with Gasteiger partial charge in [0.15, 0.2) is 11.5 Å². The average Bonchev–Trinajstić information content (AvgIpc) is 2.48. The highest BCUT2D eigenvalue weighted by Gasteiger charge is 2.22. The molecule has 0 aliphatic carbocycles. The van der Waals surface area contributed by atoms with Crippen molar-refractivity contribution in [2.24, 2.45) is 0 Å². The van der Waals surface area contributed by atoms with Crippen LogP contribution in [0.4, 0.5) is 4.39 Å². The lowest BCUT2D eigenvalue weighted by Gasteiger charge is -2.21. The fourth-order valence-corrected chi connectivity index (χ4v) is 4.12. The Morgan fingerprint density at radius 1 is 0.952 bits per heavy atom.